The van der Waals surface area contributed by atoms with E-state index in [0.717, 1.165) is 17.8 Å². The maximum atomic E-state index is 4.32. The molecule has 0 nitrogen and oxygen atoms in total. The molecule has 3 atom stereocenters. The van der Waals surface area contributed by atoms with Gasteiger partial charge in [-0.3, -0.25) is 0 Å². The van der Waals surface area contributed by atoms with Crippen LogP contribution in [-0.2, 0) is 0 Å². The van der Waals surface area contributed by atoms with Gasteiger partial charge in [-0.1, -0.05) is 90.5 Å². The molecule has 0 saturated heterocycles. The second-order valence-corrected chi connectivity index (χ2v) is 11.1. The van der Waals surface area contributed by atoms with E-state index in [1.807, 2.05) is 13.8 Å². The van der Waals surface area contributed by atoms with Crippen LogP contribution in [-0.4, -0.2) is 0 Å². The lowest BCUT2D eigenvalue weighted by Gasteiger charge is -2.47. The van der Waals surface area contributed by atoms with E-state index in [1.165, 1.54) is 75.4 Å². The highest BCUT2D eigenvalue weighted by Crippen LogP contribution is 2.62. The first kappa shape index (κ1) is 25.2. The Morgan fingerprint density at radius 2 is 1.73 bits per heavy atom. The number of fused-ring (bicyclic) bond motifs is 1. The number of hydrogen-bond donors (Lipinski definition) is 0. The molecule has 3 unspecified atom stereocenters. The van der Waals surface area contributed by atoms with Gasteiger partial charge in [0, 0.05) is 0 Å². The van der Waals surface area contributed by atoms with E-state index in [0.29, 0.717) is 10.8 Å². The first-order valence-corrected chi connectivity index (χ1v) is 13.0. The minimum Gasteiger partial charge on any atom is -0.0956 e. The van der Waals surface area contributed by atoms with Crippen LogP contribution in [0, 0.1) is 28.6 Å². The van der Waals surface area contributed by atoms with E-state index < -0.39 is 0 Å². The highest BCUT2D eigenvalue weighted by molar-refractivity contribution is 5.35. The van der Waals surface area contributed by atoms with Crippen molar-refractivity contribution in [2.75, 3.05) is 0 Å². The first-order valence-electron chi connectivity index (χ1n) is 13.0. The molecule has 3 saturated carbocycles. The highest BCUT2D eigenvalue weighted by Gasteiger charge is 2.53. The van der Waals surface area contributed by atoms with Crippen molar-refractivity contribution in [1.29, 1.82) is 0 Å². The van der Waals surface area contributed by atoms with Gasteiger partial charge in [0.2, 0.25) is 0 Å². The summed E-state index contributed by atoms with van der Waals surface area (Å²) in [5.41, 5.74) is 5.43. The first-order chi connectivity index (χ1) is 14.2. The van der Waals surface area contributed by atoms with Crippen LogP contribution in [0.2, 0.25) is 0 Å². The summed E-state index contributed by atoms with van der Waals surface area (Å²) < 4.78 is 0. The lowest BCUT2D eigenvalue weighted by Crippen LogP contribution is -2.39. The van der Waals surface area contributed by atoms with Gasteiger partial charge in [-0.2, -0.15) is 0 Å². The van der Waals surface area contributed by atoms with Gasteiger partial charge in [0.15, 0.2) is 0 Å². The van der Waals surface area contributed by atoms with Crippen LogP contribution in [0.3, 0.4) is 0 Å². The van der Waals surface area contributed by atoms with Crippen molar-refractivity contribution in [3.8, 4) is 0 Å². The minimum absolute atomic E-state index is 0.303. The Bertz CT molecular complexity index is 654. The molecule has 170 valence electrons. The normalized spacial score (nSPS) is 32.6. The lowest BCUT2D eigenvalue weighted by molar-refractivity contribution is 0.0716. The van der Waals surface area contributed by atoms with Crippen molar-refractivity contribution >= 4 is 0 Å². The van der Waals surface area contributed by atoms with Gasteiger partial charge in [-0.15, -0.1) is 0 Å². The summed E-state index contributed by atoms with van der Waals surface area (Å²) in [6, 6.07) is 0. The summed E-state index contributed by atoms with van der Waals surface area (Å²) in [4.78, 5) is 0. The summed E-state index contributed by atoms with van der Waals surface area (Å²) in [6.07, 6.45) is 23.2. The Morgan fingerprint density at radius 1 is 1.03 bits per heavy atom. The monoisotopic (exact) mass is 410 g/mol. The summed E-state index contributed by atoms with van der Waals surface area (Å²) in [5, 5.41) is 0. The molecule has 0 heteroatoms. The number of hydrogen-bond acceptors (Lipinski definition) is 0. The van der Waals surface area contributed by atoms with Crippen molar-refractivity contribution in [3.05, 3.63) is 47.6 Å². The molecule has 0 amide bonds. The van der Waals surface area contributed by atoms with Crippen LogP contribution in [0.1, 0.15) is 113 Å². The van der Waals surface area contributed by atoms with Crippen molar-refractivity contribution in [2.45, 2.75) is 113 Å². The second kappa shape index (κ2) is 11.0. The van der Waals surface area contributed by atoms with Crippen LogP contribution >= 0.6 is 0 Å². The SMILES string of the molecule is C=C1CCCC/C1=C/C=C1\CCCC2(C)C1CCC2C(C)(C)/C=C/CC(C)C.CC. The molecule has 3 rings (SSSR count). The average molecular weight is 411 g/mol. The summed E-state index contributed by atoms with van der Waals surface area (Å²) in [6.45, 7) is 20.6. The van der Waals surface area contributed by atoms with E-state index in [1.54, 1.807) is 5.57 Å². The largest absolute Gasteiger partial charge is 0.0956 e. The summed E-state index contributed by atoms with van der Waals surface area (Å²) in [7, 11) is 0. The zero-order valence-corrected chi connectivity index (χ0v) is 21.3. The molecule has 0 aliphatic heterocycles. The van der Waals surface area contributed by atoms with Crippen molar-refractivity contribution in [2.24, 2.45) is 28.6 Å². The highest BCUT2D eigenvalue weighted by atomic mass is 14.6. The second-order valence-electron chi connectivity index (χ2n) is 11.1. The molecule has 0 N–H and O–H groups in total. The van der Waals surface area contributed by atoms with Gasteiger partial charge in [0.25, 0.3) is 0 Å². The van der Waals surface area contributed by atoms with Gasteiger partial charge < -0.3 is 0 Å². The Hall–Kier alpha value is -1.04. The molecule has 0 radical (unpaired) electrons. The lowest BCUT2D eigenvalue weighted by atomic mass is 9.57. The quantitative estimate of drug-likeness (QED) is 0.395. The fourth-order valence-corrected chi connectivity index (χ4v) is 6.62. The van der Waals surface area contributed by atoms with Gasteiger partial charge in [0.05, 0.1) is 0 Å². The smallest absolute Gasteiger partial charge is 0.0141 e. The summed E-state index contributed by atoms with van der Waals surface area (Å²) in [5.74, 6) is 2.35. The van der Waals surface area contributed by atoms with Gasteiger partial charge in [-0.05, 0) is 98.4 Å². The predicted molar refractivity (Wildman–Crippen MR) is 136 cm³/mol. The molecule has 30 heavy (non-hydrogen) atoms. The van der Waals surface area contributed by atoms with Gasteiger partial charge >= 0.3 is 0 Å². The van der Waals surface area contributed by atoms with Crippen LogP contribution in [0.5, 0.6) is 0 Å². The zero-order chi connectivity index (χ0) is 22.4. The Labute approximate surface area is 189 Å². The predicted octanol–water partition coefficient (Wildman–Crippen LogP) is 9.84. The molecule has 3 aliphatic rings. The van der Waals surface area contributed by atoms with Gasteiger partial charge in [-0.25, -0.2) is 0 Å². The third kappa shape index (κ3) is 5.80. The summed E-state index contributed by atoms with van der Waals surface area (Å²) >= 11 is 0. The van der Waals surface area contributed by atoms with Gasteiger partial charge in [0.1, 0.15) is 0 Å². The minimum atomic E-state index is 0.303. The Balaban J connectivity index is 0.00000155. The maximum Gasteiger partial charge on any atom is -0.0141 e. The number of rotatable bonds is 5. The van der Waals surface area contributed by atoms with Crippen molar-refractivity contribution in [3.63, 3.8) is 0 Å². The fraction of sp³-hybridized carbons (Fsp3) is 0.733. The molecule has 0 heterocycles. The maximum absolute atomic E-state index is 4.32. The standard InChI is InChI=1S/C28H44.C2H6/c1-21(2)11-9-19-27(4,5)26-18-17-25-24(14-10-20-28(25,26)6)16-15-23-13-8-7-12-22(23)3;1-2/h9,15-16,19,21,25-26H,3,7-8,10-14,17-18,20H2,1-2,4-6H3;1-2H3/b19-9+,23-15-,24-16+;. The van der Waals surface area contributed by atoms with E-state index in [-0.39, 0.29) is 0 Å². The molecular weight excluding hydrogens is 360 g/mol. The average Bonchev–Trinajstić information content (AvgIpc) is 3.07. The molecular formula is C30H50. The molecule has 3 aliphatic carbocycles. The molecule has 0 bridgehead atoms. The zero-order valence-electron chi connectivity index (χ0n) is 21.3. The molecule has 0 aromatic heterocycles. The van der Waals surface area contributed by atoms with E-state index in [4.69, 9.17) is 0 Å². The topological polar surface area (TPSA) is 0 Å². The number of allylic oxidation sites excluding steroid dienone is 7. The van der Waals surface area contributed by atoms with E-state index >= 15 is 0 Å². The van der Waals surface area contributed by atoms with Crippen LogP contribution in [0.25, 0.3) is 0 Å². The fourth-order valence-electron chi connectivity index (χ4n) is 6.62. The molecule has 0 aromatic carbocycles. The molecule has 0 spiro atoms. The Morgan fingerprint density at radius 3 is 2.40 bits per heavy atom. The van der Waals surface area contributed by atoms with Crippen molar-refractivity contribution < 1.29 is 0 Å². The third-order valence-electron chi connectivity index (χ3n) is 8.14. The van der Waals surface area contributed by atoms with Crippen LogP contribution in [0.4, 0.5) is 0 Å². The van der Waals surface area contributed by atoms with E-state index in [2.05, 4.69) is 65.5 Å². The molecule has 3 fully saturated rings. The Kier molecular flexibility index (Phi) is 9.26. The van der Waals surface area contributed by atoms with Crippen LogP contribution in [0.15, 0.2) is 47.6 Å². The van der Waals surface area contributed by atoms with Crippen molar-refractivity contribution in [1.82, 2.24) is 0 Å². The molecule has 0 aromatic rings. The third-order valence-corrected chi connectivity index (χ3v) is 8.14. The van der Waals surface area contributed by atoms with Crippen LogP contribution < -0.4 is 0 Å². The van der Waals surface area contributed by atoms with E-state index in [9.17, 15) is 0 Å².